The number of hydrogen-bond acceptors (Lipinski definition) is 4. The minimum atomic E-state index is -0.184. The van der Waals surface area contributed by atoms with Crippen LogP contribution in [0, 0.1) is 0 Å². The zero-order chi connectivity index (χ0) is 18.8. The molecule has 2 heterocycles. The number of ether oxygens (including phenoxy) is 1. The molecule has 0 saturated carbocycles. The van der Waals surface area contributed by atoms with Crippen LogP contribution in [0.25, 0.3) is 0 Å². The van der Waals surface area contributed by atoms with Gasteiger partial charge in [0.05, 0.1) is 12.8 Å². The maximum Gasteiger partial charge on any atom is 0.319 e. The van der Waals surface area contributed by atoms with Gasteiger partial charge in [-0.3, -0.25) is 4.90 Å². The van der Waals surface area contributed by atoms with Crippen molar-refractivity contribution in [1.29, 1.82) is 0 Å². The van der Waals surface area contributed by atoms with E-state index in [1.807, 2.05) is 24.3 Å². The van der Waals surface area contributed by atoms with Gasteiger partial charge in [-0.05, 0) is 30.2 Å². The van der Waals surface area contributed by atoms with Crippen molar-refractivity contribution < 1.29 is 9.53 Å². The highest BCUT2D eigenvalue weighted by molar-refractivity contribution is 5.91. The topological polar surface area (TPSA) is 56.8 Å². The number of nitrogens with zero attached hydrogens (tertiary/aromatic N) is 2. The third-order valence-corrected chi connectivity index (χ3v) is 5.48. The van der Waals surface area contributed by atoms with E-state index in [0.29, 0.717) is 17.5 Å². The molecule has 0 radical (unpaired) electrons. The van der Waals surface area contributed by atoms with Crippen LogP contribution in [0.1, 0.15) is 12.0 Å². The Bertz CT molecular complexity index is 825. The van der Waals surface area contributed by atoms with Crippen LogP contribution in [-0.2, 0) is 6.54 Å². The number of amides is 2. The lowest BCUT2D eigenvalue weighted by Crippen LogP contribution is -2.39. The highest BCUT2D eigenvalue weighted by atomic mass is 16.5. The molecular formula is C21H26N4O2. The van der Waals surface area contributed by atoms with E-state index in [1.165, 1.54) is 11.3 Å². The Labute approximate surface area is 160 Å². The summed E-state index contributed by atoms with van der Waals surface area (Å²) < 4.78 is 5.30. The van der Waals surface area contributed by atoms with Crippen molar-refractivity contribution in [3.63, 3.8) is 0 Å². The first-order chi connectivity index (χ1) is 13.1. The van der Waals surface area contributed by atoms with Gasteiger partial charge in [-0.25, -0.2) is 4.79 Å². The average molecular weight is 366 g/mol. The zero-order valence-corrected chi connectivity index (χ0v) is 15.8. The number of carbonyl (C=O) groups is 1. The summed E-state index contributed by atoms with van der Waals surface area (Å²) in [5.74, 6) is 0.659. The molecule has 2 aliphatic heterocycles. The highest BCUT2D eigenvalue weighted by Crippen LogP contribution is 2.31. The first kappa shape index (κ1) is 17.7. The number of carbonyl (C=O) groups excluding carboxylic acids is 1. The summed E-state index contributed by atoms with van der Waals surface area (Å²) in [4.78, 5) is 17.3. The molecule has 1 fully saturated rings. The molecule has 2 amide bonds. The smallest absolute Gasteiger partial charge is 0.319 e. The van der Waals surface area contributed by atoms with Crippen molar-refractivity contribution in [2.75, 3.05) is 37.5 Å². The van der Waals surface area contributed by atoms with Gasteiger partial charge in [-0.2, -0.15) is 0 Å². The normalized spacial score (nSPS) is 21.8. The molecule has 27 heavy (non-hydrogen) atoms. The number of likely N-dealkylation sites (N-methyl/N-ethyl adjacent to an activating group) is 1. The van der Waals surface area contributed by atoms with E-state index < -0.39 is 0 Å². The molecule has 2 N–H and O–H groups in total. The second-order valence-electron chi connectivity index (χ2n) is 7.32. The van der Waals surface area contributed by atoms with E-state index in [-0.39, 0.29) is 12.1 Å². The lowest BCUT2D eigenvalue weighted by atomic mass is 10.1. The van der Waals surface area contributed by atoms with Gasteiger partial charge < -0.3 is 20.3 Å². The second kappa shape index (κ2) is 7.48. The molecule has 2 aromatic rings. The van der Waals surface area contributed by atoms with Gasteiger partial charge in [-0.1, -0.05) is 30.3 Å². The van der Waals surface area contributed by atoms with Gasteiger partial charge in [0.2, 0.25) is 0 Å². The Kier molecular flexibility index (Phi) is 4.90. The minimum absolute atomic E-state index is 0.142. The van der Waals surface area contributed by atoms with Gasteiger partial charge >= 0.3 is 6.03 Å². The van der Waals surface area contributed by atoms with Crippen LogP contribution in [0.15, 0.2) is 48.5 Å². The number of nitrogens with one attached hydrogen (secondary N) is 2. The third-order valence-electron chi connectivity index (χ3n) is 5.48. The number of para-hydroxylation sites is 3. The van der Waals surface area contributed by atoms with Gasteiger partial charge in [-0.15, -0.1) is 0 Å². The molecule has 4 rings (SSSR count). The van der Waals surface area contributed by atoms with Crippen LogP contribution in [0.2, 0.25) is 0 Å². The fourth-order valence-corrected chi connectivity index (χ4v) is 4.21. The maximum absolute atomic E-state index is 12.5. The first-order valence-electron chi connectivity index (χ1n) is 9.37. The number of hydrogen-bond donors (Lipinski definition) is 2. The Balaban J connectivity index is 1.39. The van der Waals surface area contributed by atoms with Crippen molar-refractivity contribution in [2.24, 2.45) is 0 Å². The first-order valence-corrected chi connectivity index (χ1v) is 9.37. The molecule has 0 aliphatic carbocycles. The molecule has 0 spiro atoms. The quantitative estimate of drug-likeness (QED) is 0.877. The number of benzene rings is 2. The number of fused-ring (bicyclic) bond motifs is 2. The number of methoxy groups -OCH3 is 1. The van der Waals surface area contributed by atoms with E-state index in [1.54, 1.807) is 7.11 Å². The van der Waals surface area contributed by atoms with E-state index in [0.717, 1.165) is 26.1 Å². The largest absolute Gasteiger partial charge is 0.495 e. The van der Waals surface area contributed by atoms with E-state index in [4.69, 9.17) is 4.74 Å². The van der Waals surface area contributed by atoms with Crippen molar-refractivity contribution in [3.8, 4) is 5.75 Å². The summed E-state index contributed by atoms with van der Waals surface area (Å²) in [6.45, 7) is 2.77. The molecule has 0 aromatic heterocycles. The lowest BCUT2D eigenvalue weighted by molar-refractivity contribution is 0.243. The molecule has 6 heteroatoms. The zero-order valence-electron chi connectivity index (χ0n) is 15.8. The average Bonchev–Trinajstić information content (AvgIpc) is 2.97. The molecule has 2 aliphatic rings. The molecule has 1 saturated heterocycles. The molecule has 0 bridgehead atoms. The number of rotatable bonds is 3. The fraction of sp³-hybridized carbons (Fsp3) is 0.381. The highest BCUT2D eigenvalue weighted by Gasteiger charge is 2.36. The van der Waals surface area contributed by atoms with E-state index >= 15 is 0 Å². The summed E-state index contributed by atoms with van der Waals surface area (Å²) in [5.41, 5.74) is 3.34. The number of anilines is 2. The fourth-order valence-electron chi connectivity index (χ4n) is 4.21. The van der Waals surface area contributed by atoms with Crippen LogP contribution < -0.4 is 20.3 Å². The Hall–Kier alpha value is -2.73. The van der Waals surface area contributed by atoms with Crippen molar-refractivity contribution >= 4 is 17.4 Å². The van der Waals surface area contributed by atoms with E-state index in [2.05, 4.69) is 51.7 Å². The van der Waals surface area contributed by atoms with Gasteiger partial charge in [0.25, 0.3) is 0 Å². The van der Waals surface area contributed by atoms with Crippen molar-refractivity contribution in [3.05, 3.63) is 54.1 Å². The summed E-state index contributed by atoms with van der Waals surface area (Å²) >= 11 is 0. The van der Waals surface area contributed by atoms with Crippen LogP contribution in [0.3, 0.4) is 0 Å². The van der Waals surface area contributed by atoms with Crippen molar-refractivity contribution in [1.82, 2.24) is 10.2 Å². The maximum atomic E-state index is 12.5. The van der Waals surface area contributed by atoms with Gasteiger partial charge in [0.1, 0.15) is 5.75 Å². The van der Waals surface area contributed by atoms with Gasteiger partial charge in [0.15, 0.2) is 0 Å². The van der Waals surface area contributed by atoms with Crippen LogP contribution >= 0.6 is 0 Å². The number of urea groups is 1. The van der Waals surface area contributed by atoms with Crippen molar-refractivity contribution in [2.45, 2.75) is 25.0 Å². The summed E-state index contributed by atoms with van der Waals surface area (Å²) in [5, 5.41) is 6.03. The van der Waals surface area contributed by atoms with Gasteiger partial charge in [0, 0.05) is 44.5 Å². The Morgan fingerprint density at radius 2 is 1.89 bits per heavy atom. The van der Waals surface area contributed by atoms with Crippen LogP contribution in [0.5, 0.6) is 5.75 Å². The van der Waals surface area contributed by atoms with Crippen LogP contribution in [-0.4, -0.2) is 50.3 Å². The minimum Gasteiger partial charge on any atom is -0.495 e. The summed E-state index contributed by atoms with van der Waals surface area (Å²) in [6, 6.07) is 16.4. The Morgan fingerprint density at radius 3 is 2.74 bits per heavy atom. The standard InChI is InChI=1S/C21H26N4O2/c1-24-14-17-11-16(13-25(17)12-15-7-3-5-9-19(15)24)22-21(26)23-18-8-4-6-10-20(18)27-2/h3-10,16-17H,11-14H2,1-2H3,(H2,22,23,26)/t16-,17-/m0/s1. The predicted molar refractivity (Wildman–Crippen MR) is 107 cm³/mol. The SMILES string of the molecule is COc1ccccc1NC(=O)N[C@H]1C[C@H]2CN(C)c3ccccc3CN2C1. The third kappa shape index (κ3) is 3.71. The molecule has 2 aromatic carbocycles. The molecule has 0 unspecified atom stereocenters. The molecule has 142 valence electrons. The second-order valence-corrected chi connectivity index (χ2v) is 7.32. The summed E-state index contributed by atoms with van der Waals surface area (Å²) in [6.07, 6.45) is 0.956. The molecular weight excluding hydrogens is 340 g/mol. The monoisotopic (exact) mass is 366 g/mol. The van der Waals surface area contributed by atoms with E-state index in [9.17, 15) is 4.79 Å². The lowest BCUT2D eigenvalue weighted by Gasteiger charge is -2.24. The Morgan fingerprint density at radius 1 is 1.11 bits per heavy atom. The summed E-state index contributed by atoms with van der Waals surface area (Å²) in [7, 11) is 3.75. The molecule has 2 atom stereocenters. The molecule has 6 nitrogen and oxygen atoms in total. The predicted octanol–water partition coefficient (Wildman–Crippen LogP) is 2.91. The van der Waals surface area contributed by atoms with Crippen LogP contribution in [0.4, 0.5) is 16.2 Å².